The molecule has 7 nitrogen and oxygen atoms in total. The standard InChI is InChI=1S/C17H22F3N3O4S/c1-2-8-21-16(24)12-27-22-14-6-9-23(10-7-14)28(25,26)15-5-3-4-13(11-15)17(18,19)20/h3-6,11,22H,2,7-10,12H2,1H3,(H,21,24). The largest absolute Gasteiger partial charge is 0.416 e. The lowest BCUT2D eigenvalue weighted by Gasteiger charge is -2.26. The maximum atomic E-state index is 12.8. The Morgan fingerprint density at radius 3 is 2.68 bits per heavy atom. The van der Waals surface area contributed by atoms with Gasteiger partial charge in [-0.25, -0.2) is 8.42 Å². The summed E-state index contributed by atoms with van der Waals surface area (Å²) in [5.41, 5.74) is 2.18. The van der Waals surface area contributed by atoms with Crippen LogP contribution in [0.1, 0.15) is 25.3 Å². The second-order valence-electron chi connectivity index (χ2n) is 6.11. The van der Waals surface area contributed by atoms with Gasteiger partial charge in [0.2, 0.25) is 15.9 Å². The van der Waals surface area contributed by atoms with E-state index < -0.39 is 26.7 Å². The smallest absolute Gasteiger partial charge is 0.354 e. The molecule has 2 N–H and O–H groups in total. The van der Waals surface area contributed by atoms with Gasteiger partial charge in [-0.1, -0.05) is 13.0 Å². The van der Waals surface area contributed by atoms with E-state index >= 15 is 0 Å². The summed E-state index contributed by atoms with van der Waals surface area (Å²) in [5, 5.41) is 2.64. The van der Waals surface area contributed by atoms with E-state index in [1.165, 1.54) is 0 Å². The Balaban J connectivity index is 1.95. The van der Waals surface area contributed by atoms with Crippen LogP contribution in [0.4, 0.5) is 13.2 Å². The van der Waals surface area contributed by atoms with Crippen molar-refractivity contribution >= 4 is 15.9 Å². The Hall–Kier alpha value is -2.11. The summed E-state index contributed by atoms with van der Waals surface area (Å²) in [6, 6.07) is 3.66. The summed E-state index contributed by atoms with van der Waals surface area (Å²) < 4.78 is 64.8. The number of carbonyl (C=O) groups excluding carboxylic acids is 1. The minimum atomic E-state index is -4.62. The molecule has 28 heavy (non-hydrogen) atoms. The number of benzene rings is 1. The predicted octanol–water partition coefficient (Wildman–Crippen LogP) is 2.03. The number of halogens is 3. The fraction of sp³-hybridized carbons (Fsp3) is 0.471. The second kappa shape index (κ2) is 9.39. The third-order valence-electron chi connectivity index (χ3n) is 3.95. The number of hydrogen-bond donors (Lipinski definition) is 2. The third-order valence-corrected chi connectivity index (χ3v) is 5.81. The number of hydroxylamine groups is 1. The number of amides is 1. The zero-order valence-corrected chi connectivity index (χ0v) is 16.1. The lowest BCUT2D eigenvalue weighted by Crippen LogP contribution is -2.37. The van der Waals surface area contributed by atoms with Crippen LogP contribution < -0.4 is 10.8 Å². The lowest BCUT2D eigenvalue weighted by atomic mass is 10.2. The average Bonchev–Trinajstić information content (AvgIpc) is 2.66. The summed E-state index contributed by atoms with van der Waals surface area (Å²) >= 11 is 0. The van der Waals surface area contributed by atoms with E-state index in [9.17, 15) is 26.4 Å². The fourth-order valence-corrected chi connectivity index (χ4v) is 3.88. The van der Waals surface area contributed by atoms with E-state index in [0.717, 1.165) is 28.9 Å². The minimum absolute atomic E-state index is 0.0215. The molecule has 0 aliphatic carbocycles. The molecule has 0 saturated carbocycles. The molecule has 1 aliphatic rings. The Bertz CT molecular complexity index is 825. The van der Waals surface area contributed by atoms with Crippen LogP contribution >= 0.6 is 0 Å². The fourth-order valence-electron chi connectivity index (χ4n) is 2.45. The highest BCUT2D eigenvalue weighted by molar-refractivity contribution is 7.89. The van der Waals surface area contributed by atoms with Crippen LogP contribution in [-0.4, -0.2) is 44.9 Å². The van der Waals surface area contributed by atoms with Crippen LogP contribution in [-0.2, 0) is 25.8 Å². The highest BCUT2D eigenvalue weighted by atomic mass is 32.2. The zero-order chi connectivity index (χ0) is 20.8. The highest BCUT2D eigenvalue weighted by Crippen LogP contribution is 2.31. The van der Waals surface area contributed by atoms with Crippen molar-refractivity contribution < 1.29 is 31.2 Å². The van der Waals surface area contributed by atoms with Gasteiger partial charge >= 0.3 is 6.18 Å². The van der Waals surface area contributed by atoms with Crippen molar-refractivity contribution in [2.24, 2.45) is 0 Å². The first-order valence-electron chi connectivity index (χ1n) is 8.65. The van der Waals surface area contributed by atoms with Gasteiger partial charge in [0, 0.05) is 31.8 Å². The van der Waals surface area contributed by atoms with Gasteiger partial charge in [-0.15, -0.1) is 0 Å². The van der Waals surface area contributed by atoms with Crippen LogP contribution in [0.2, 0.25) is 0 Å². The lowest BCUT2D eigenvalue weighted by molar-refractivity contribution is -0.137. The van der Waals surface area contributed by atoms with E-state index in [4.69, 9.17) is 4.84 Å². The van der Waals surface area contributed by atoms with Crippen molar-refractivity contribution in [3.8, 4) is 0 Å². The van der Waals surface area contributed by atoms with Crippen LogP contribution in [0.25, 0.3) is 0 Å². The van der Waals surface area contributed by atoms with Gasteiger partial charge in [0.15, 0.2) is 6.61 Å². The molecule has 0 bridgehead atoms. The normalized spacial score (nSPS) is 15.8. The summed E-state index contributed by atoms with van der Waals surface area (Å²) in [5.74, 6) is -0.278. The summed E-state index contributed by atoms with van der Waals surface area (Å²) in [7, 11) is -4.06. The first-order chi connectivity index (χ1) is 13.1. The first kappa shape index (κ1) is 22.2. The van der Waals surface area contributed by atoms with Gasteiger partial charge in [0.05, 0.1) is 10.5 Å². The molecule has 1 amide bonds. The molecule has 11 heteroatoms. The molecular weight excluding hydrogens is 399 g/mol. The van der Waals surface area contributed by atoms with Gasteiger partial charge in [-0.2, -0.15) is 17.5 Å². The average molecular weight is 421 g/mol. The van der Waals surface area contributed by atoms with E-state index in [0.29, 0.717) is 18.3 Å². The van der Waals surface area contributed by atoms with Gasteiger partial charge in [-0.05, 0) is 30.7 Å². The van der Waals surface area contributed by atoms with Gasteiger partial charge < -0.3 is 5.32 Å². The van der Waals surface area contributed by atoms with Crippen molar-refractivity contribution in [1.82, 2.24) is 15.1 Å². The number of carbonyl (C=O) groups is 1. The molecule has 0 atom stereocenters. The monoisotopic (exact) mass is 421 g/mol. The number of hydrogen-bond acceptors (Lipinski definition) is 5. The topological polar surface area (TPSA) is 87.7 Å². The molecule has 0 unspecified atom stereocenters. The Morgan fingerprint density at radius 1 is 1.32 bits per heavy atom. The van der Waals surface area contributed by atoms with E-state index in [1.807, 2.05) is 6.92 Å². The highest BCUT2D eigenvalue weighted by Gasteiger charge is 2.33. The van der Waals surface area contributed by atoms with E-state index in [2.05, 4.69) is 10.8 Å². The zero-order valence-electron chi connectivity index (χ0n) is 15.3. The van der Waals surface area contributed by atoms with E-state index in [-0.39, 0.29) is 32.0 Å². The SMILES string of the molecule is CCCNC(=O)CONC1=CCN(S(=O)(=O)c2cccc(C(F)(F)F)c2)CC1. The van der Waals surface area contributed by atoms with Crippen molar-refractivity contribution in [2.75, 3.05) is 26.2 Å². The number of nitrogens with one attached hydrogen (secondary N) is 2. The molecule has 1 aromatic carbocycles. The van der Waals surface area contributed by atoms with E-state index in [1.54, 1.807) is 6.08 Å². The molecule has 156 valence electrons. The minimum Gasteiger partial charge on any atom is -0.354 e. The quantitative estimate of drug-likeness (QED) is 0.628. The molecule has 0 spiro atoms. The van der Waals surface area contributed by atoms with Crippen LogP contribution in [0.3, 0.4) is 0 Å². The van der Waals surface area contributed by atoms with Crippen molar-refractivity contribution in [2.45, 2.75) is 30.8 Å². The Kier molecular flexibility index (Phi) is 7.44. The summed E-state index contributed by atoms with van der Waals surface area (Å²) in [6.07, 6.45) is -1.99. The molecule has 0 saturated heterocycles. The molecular formula is C17H22F3N3O4S. The molecule has 2 rings (SSSR count). The number of rotatable bonds is 8. The molecule has 0 aromatic heterocycles. The van der Waals surface area contributed by atoms with Crippen molar-refractivity contribution in [3.05, 3.63) is 41.6 Å². The molecule has 1 aliphatic heterocycles. The molecule has 0 radical (unpaired) electrons. The molecule has 1 aromatic rings. The number of alkyl halides is 3. The summed E-state index contributed by atoms with van der Waals surface area (Å²) in [6.45, 7) is 2.33. The maximum absolute atomic E-state index is 12.8. The van der Waals surface area contributed by atoms with Crippen LogP contribution in [0.5, 0.6) is 0 Å². The van der Waals surface area contributed by atoms with Gasteiger partial charge in [0.25, 0.3) is 0 Å². The Labute approximate surface area is 161 Å². The Morgan fingerprint density at radius 2 is 2.07 bits per heavy atom. The molecule has 1 heterocycles. The number of sulfonamides is 1. The van der Waals surface area contributed by atoms with Crippen molar-refractivity contribution in [3.63, 3.8) is 0 Å². The maximum Gasteiger partial charge on any atom is 0.416 e. The van der Waals surface area contributed by atoms with Gasteiger partial charge in [-0.3, -0.25) is 15.1 Å². The number of nitrogens with zero attached hydrogens (tertiary/aromatic N) is 1. The summed E-state index contributed by atoms with van der Waals surface area (Å²) in [4.78, 5) is 16.1. The van der Waals surface area contributed by atoms with Crippen LogP contribution in [0.15, 0.2) is 40.9 Å². The molecule has 0 fully saturated rings. The first-order valence-corrected chi connectivity index (χ1v) is 10.1. The van der Waals surface area contributed by atoms with Crippen molar-refractivity contribution in [1.29, 1.82) is 0 Å². The second-order valence-corrected chi connectivity index (χ2v) is 8.05. The van der Waals surface area contributed by atoms with Gasteiger partial charge in [0.1, 0.15) is 0 Å². The predicted molar refractivity (Wildman–Crippen MR) is 95.3 cm³/mol. The third kappa shape index (κ3) is 5.94. The van der Waals surface area contributed by atoms with Crippen LogP contribution in [0, 0.1) is 0 Å².